The Balaban J connectivity index is 1.75. The molecular weight excluding hydrogens is 324 g/mol. The highest BCUT2D eigenvalue weighted by Gasteiger charge is 2.26. The van der Waals surface area contributed by atoms with Crippen molar-refractivity contribution >= 4 is 28.9 Å². The summed E-state index contributed by atoms with van der Waals surface area (Å²) < 4.78 is 5.39. The summed E-state index contributed by atoms with van der Waals surface area (Å²) in [7, 11) is 0. The van der Waals surface area contributed by atoms with E-state index in [0.717, 1.165) is 36.7 Å². The van der Waals surface area contributed by atoms with E-state index in [1.165, 1.54) is 24.6 Å². The summed E-state index contributed by atoms with van der Waals surface area (Å²) in [6.07, 6.45) is 6.62. The number of nitrogens with zero attached hydrogens (tertiary/aromatic N) is 2. The van der Waals surface area contributed by atoms with Gasteiger partial charge in [-0.25, -0.2) is 0 Å². The van der Waals surface area contributed by atoms with E-state index in [2.05, 4.69) is 9.89 Å². The molecule has 0 saturated carbocycles. The fourth-order valence-electron chi connectivity index (χ4n) is 2.84. The summed E-state index contributed by atoms with van der Waals surface area (Å²) in [4.78, 5) is 19.3. The minimum absolute atomic E-state index is 0.103. The molecule has 0 atom stereocenters. The SMILES string of the molecule is CCOc1cc(C=C2SC(N3CCCCCC3)=NC2=O)ccc1O. The minimum Gasteiger partial charge on any atom is -0.504 e. The molecule has 1 fully saturated rings. The number of benzene rings is 1. The van der Waals surface area contributed by atoms with Gasteiger partial charge in [0, 0.05) is 13.1 Å². The van der Waals surface area contributed by atoms with Crippen molar-refractivity contribution in [1.29, 1.82) is 0 Å². The second kappa shape index (κ2) is 7.75. The topological polar surface area (TPSA) is 62.1 Å². The number of phenolic OH excluding ortho intramolecular Hbond substituents is 1. The number of carbonyl (C=O) groups is 1. The van der Waals surface area contributed by atoms with Gasteiger partial charge in [-0.1, -0.05) is 18.9 Å². The number of carbonyl (C=O) groups excluding carboxylic acids is 1. The number of likely N-dealkylation sites (tertiary alicyclic amines) is 1. The van der Waals surface area contributed by atoms with Gasteiger partial charge >= 0.3 is 0 Å². The first kappa shape index (κ1) is 16.9. The lowest BCUT2D eigenvalue weighted by Crippen LogP contribution is -2.28. The maximum absolute atomic E-state index is 12.2. The third-order valence-electron chi connectivity index (χ3n) is 4.07. The fraction of sp³-hybridized carbons (Fsp3) is 0.444. The van der Waals surface area contributed by atoms with Crippen LogP contribution < -0.4 is 4.74 Å². The van der Waals surface area contributed by atoms with Crippen LogP contribution in [0, 0.1) is 0 Å². The van der Waals surface area contributed by atoms with Crippen LogP contribution in [-0.4, -0.2) is 40.8 Å². The second-order valence-electron chi connectivity index (χ2n) is 5.87. The number of phenols is 1. The number of thioether (sulfide) groups is 1. The Morgan fingerprint density at radius 3 is 2.75 bits per heavy atom. The summed E-state index contributed by atoms with van der Waals surface area (Å²) in [6, 6.07) is 5.09. The first-order valence-corrected chi connectivity index (χ1v) is 9.22. The molecule has 2 heterocycles. The van der Waals surface area contributed by atoms with Crippen molar-refractivity contribution in [1.82, 2.24) is 4.90 Å². The summed E-state index contributed by atoms with van der Waals surface area (Å²) in [5, 5.41) is 10.6. The molecule has 0 aliphatic carbocycles. The summed E-state index contributed by atoms with van der Waals surface area (Å²) in [5.74, 6) is 0.340. The molecule has 2 aliphatic rings. The maximum atomic E-state index is 12.2. The van der Waals surface area contributed by atoms with Crippen molar-refractivity contribution in [2.75, 3.05) is 19.7 Å². The summed E-state index contributed by atoms with van der Waals surface area (Å²) in [5.41, 5.74) is 0.819. The standard InChI is InChI=1S/C18H22N2O3S/c1-2-23-15-11-13(7-8-14(15)21)12-16-17(22)19-18(24-16)20-9-5-3-4-6-10-20/h7-8,11-12,21H,2-6,9-10H2,1H3. The smallest absolute Gasteiger partial charge is 0.286 e. The number of hydrogen-bond donors (Lipinski definition) is 1. The number of aromatic hydroxyl groups is 1. The highest BCUT2D eigenvalue weighted by atomic mass is 32.2. The van der Waals surface area contributed by atoms with Crippen LogP contribution in [0.1, 0.15) is 38.2 Å². The van der Waals surface area contributed by atoms with Gasteiger partial charge in [0.1, 0.15) is 0 Å². The number of hydrogen-bond acceptors (Lipinski definition) is 5. The molecule has 0 unspecified atom stereocenters. The van der Waals surface area contributed by atoms with E-state index >= 15 is 0 Å². The molecule has 1 saturated heterocycles. The first-order valence-electron chi connectivity index (χ1n) is 8.40. The van der Waals surface area contributed by atoms with Gasteiger partial charge in [-0.15, -0.1) is 0 Å². The first-order chi connectivity index (χ1) is 11.7. The Morgan fingerprint density at radius 2 is 2.04 bits per heavy atom. The van der Waals surface area contributed by atoms with E-state index in [4.69, 9.17) is 4.74 Å². The van der Waals surface area contributed by atoms with Crippen molar-refractivity contribution in [3.63, 3.8) is 0 Å². The zero-order valence-corrected chi connectivity index (χ0v) is 14.6. The lowest BCUT2D eigenvalue weighted by molar-refractivity contribution is -0.113. The van der Waals surface area contributed by atoms with E-state index in [9.17, 15) is 9.90 Å². The van der Waals surface area contributed by atoms with E-state index in [1.54, 1.807) is 18.2 Å². The number of amidine groups is 1. The lowest BCUT2D eigenvalue weighted by atomic mass is 10.2. The molecule has 3 rings (SSSR count). The highest BCUT2D eigenvalue weighted by molar-refractivity contribution is 8.18. The number of rotatable bonds is 3. The van der Waals surface area contributed by atoms with Crippen molar-refractivity contribution in [2.45, 2.75) is 32.6 Å². The Bertz CT molecular complexity index is 677. The van der Waals surface area contributed by atoms with Crippen LogP contribution in [-0.2, 0) is 4.79 Å². The molecule has 0 radical (unpaired) electrons. The zero-order chi connectivity index (χ0) is 16.9. The van der Waals surface area contributed by atoms with Crippen LogP contribution in [0.4, 0.5) is 0 Å². The van der Waals surface area contributed by atoms with E-state index in [0.29, 0.717) is 17.3 Å². The van der Waals surface area contributed by atoms with E-state index in [1.807, 2.05) is 13.0 Å². The molecule has 128 valence electrons. The predicted octanol–water partition coefficient (Wildman–Crippen LogP) is 3.64. The Morgan fingerprint density at radius 1 is 1.29 bits per heavy atom. The van der Waals surface area contributed by atoms with Gasteiger partial charge < -0.3 is 14.7 Å². The van der Waals surface area contributed by atoms with Crippen LogP contribution in [0.3, 0.4) is 0 Å². The molecule has 6 heteroatoms. The van der Waals surface area contributed by atoms with Gasteiger partial charge in [-0.2, -0.15) is 4.99 Å². The van der Waals surface area contributed by atoms with E-state index in [-0.39, 0.29) is 11.7 Å². The molecule has 1 N–H and O–H groups in total. The van der Waals surface area contributed by atoms with Gasteiger partial charge in [0.2, 0.25) is 0 Å². The van der Waals surface area contributed by atoms with Crippen molar-refractivity contribution in [3.05, 3.63) is 28.7 Å². The maximum Gasteiger partial charge on any atom is 0.286 e. The van der Waals surface area contributed by atoms with Crippen LogP contribution in [0.15, 0.2) is 28.1 Å². The van der Waals surface area contributed by atoms with Gasteiger partial charge in [-0.3, -0.25) is 4.79 Å². The van der Waals surface area contributed by atoms with Gasteiger partial charge in [0.05, 0.1) is 11.5 Å². The fourth-order valence-corrected chi connectivity index (χ4v) is 3.80. The normalized spacial score (nSPS) is 20.2. The average Bonchev–Trinajstić information content (AvgIpc) is 2.78. The average molecular weight is 346 g/mol. The van der Waals surface area contributed by atoms with Gasteiger partial charge in [0.15, 0.2) is 16.7 Å². The monoisotopic (exact) mass is 346 g/mol. The summed E-state index contributed by atoms with van der Waals surface area (Å²) in [6.45, 7) is 4.28. The zero-order valence-electron chi connectivity index (χ0n) is 13.8. The lowest BCUT2D eigenvalue weighted by Gasteiger charge is -2.20. The highest BCUT2D eigenvalue weighted by Crippen LogP contribution is 2.33. The van der Waals surface area contributed by atoms with Crippen LogP contribution >= 0.6 is 11.8 Å². The third-order valence-corrected chi connectivity index (χ3v) is 5.11. The Hall–Kier alpha value is -1.95. The molecule has 0 aromatic heterocycles. The van der Waals surface area contributed by atoms with Crippen LogP contribution in [0.25, 0.3) is 6.08 Å². The number of aliphatic imine (C=N–C) groups is 1. The molecule has 1 aromatic carbocycles. The molecular formula is C18H22N2O3S. The quantitative estimate of drug-likeness (QED) is 0.847. The number of amides is 1. The van der Waals surface area contributed by atoms with Crippen LogP contribution in [0.5, 0.6) is 11.5 Å². The molecule has 1 amide bonds. The molecule has 1 aromatic rings. The molecule has 24 heavy (non-hydrogen) atoms. The largest absolute Gasteiger partial charge is 0.504 e. The van der Waals surface area contributed by atoms with E-state index < -0.39 is 0 Å². The van der Waals surface area contributed by atoms with Crippen molar-refractivity contribution in [2.24, 2.45) is 4.99 Å². The Kier molecular flexibility index (Phi) is 5.45. The van der Waals surface area contributed by atoms with Crippen LogP contribution in [0.2, 0.25) is 0 Å². The predicted molar refractivity (Wildman–Crippen MR) is 97.3 cm³/mol. The molecule has 5 nitrogen and oxygen atoms in total. The third kappa shape index (κ3) is 3.93. The van der Waals surface area contributed by atoms with Crippen molar-refractivity contribution < 1.29 is 14.6 Å². The molecule has 0 spiro atoms. The number of ether oxygens (including phenoxy) is 1. The summed E-state index contributed by atoms with van der Waals surface area (Å²) >= 11 is 1.44. The molecule has 0 bridgehead atoms. The second-order valence-corrected chi connectivity index (χ2v) is 6.88. The van der Waals surface area contributed by atoms with Gasteiger partial charge in [0.25, 0.3) is 5.91 Å². The minimum atomic E-state index is -0.190. The molecule has 2 aliphatic heterocycles. The van der Waals surface area contributed by atoms with Crippen molar-refractivity contribution in [3.8, 4) is 11.5 Å². The Labute approximate surface area is 146 Å². The van der Waals surface area contributed by atoms with Gasteiger partial charge in [-0.05, 0) is 55.3 Å².